The number of aryl methyl sites for hydroxylation is 1. The quantitative estimate of drug-likeness (QED) is 0.407. The number of carboxylic acids is 1. The number of thioether (sulfide) groups is 1. The van der Waals surface area contributed by atoms with Crippen molar-refractivity contribution < 1.29 is 23.8 Å². The highest BCUT2D eigenvalue weighted by Gasteiger charge is 2.14. The Hall–Kier alpha value is -3.26. The normalized spacial score (nSPS) is 11.3. The van der Waals surface area contributed by atoms with Gasteiger partial charge in [-0.2, -0.15) is 0 Å². The number of carboxylic acid groups (broad SMARTS) is 1. The van der Waals surface area contributed by atoms with Crippen LogP contribution >= 0.6 is 11.8 Å². The summed E-state index contributed by atoms with van der Waals surface area (Å²) in [6.07, 6.45) is 2.15. The van der Waals surface area contributed by atoms with E-state index in [-0.39, 0.29) is 10.1 Å². The van der Waals surface area contributed by atoms with Crippen LogP contribution in [0.3, 0.4) is 0 Å². The van der Waals surface area contributed by atoms with Crippen molar-refractivity contribution in [1.82, 2.24) is 10.2 Å². The third-order valence-corrected chi connectivity index (χ3v) is 4.75. The van der Waals surface area contributed by atoms with E-state index in [1.165, 1.54) is 0 Å². The van der Waals surface area contributed by atoms with Gasteiger partial charge in [0.15, 0.2) is 0 Å². The van der Waals surface area contributed by atoms with E-state index in [2.05, 4.69) is 10.2 Å². The highest BCUT2D eigenvalue weighted by atomic mass is 32.2. The van der Waals surface area contributed by atoms with Gasteiger partial charge in [0.25, 0.3) is 5.22 Å². The van der Waals surface area contributed by atoms with Gasteiger partial charge >= 0.3 is 5.97 Å². The van der Waals surface area contributed by atoms with E-state index in [0.29, 0.717) is 24.7 Å². The fourth-order valence-corrected chi connectivity index (χ4v) is 3.04. The first-order chi connectivity index (χ1) is 14.1. The molecule has 0 atom stereocenters. The maximum Gasteiger partial charge on any atom is 0.342 e. The molecule has 0 spiro atoms. The van der Waals surface area contributed by atoms with E-state index >= 15 is 0 Å². The lowest BCUT2D eigenvalue weighted by atomic mass is 10.2. The topological polar surface area (TPSA) is 94.7 Å². The molecular weight excluding hydrogens is 392 g/mol. The summed E-state index contributed by atoms with van der Waals surface area (Å²) in [6.45, 7) is 2.31. The number of ether oxygens (including phenoxy) is 2. The zero-order valence-corrected chi connectivity index (χ0v) is 16.8. The number of hydrogen-bond donors (Lipinski definition) is 1. The van der Waals surface area contributed by atoms with Gasteiger partial charge in [0.05, 0.1) is 7.11 Å². The van der Waals surface area contributed by atoms with E-state index in [1.54, 1.807) is 37.5 Å². The monoisotopic (exact) mass is 412 g/mol. The van der Waals surface area contributed by atoms with Crippen LogP contribution in [0.2, 0.25) is 0 Å². The van der Waals surface area contributed by atoms with Crippen molar-refractivity contribution in [3.05, 3.63) is 70.5 Å². The van der Waals surface area contributed by atoms with E-state index in [1.807, 2.05) is 31.2 Å². The molecule has 0 unspecified atom stereocenters. The van der Waals surface area contributed by atoms with E-state index in [0.717, 1.165) is 28.6 Å². The molecule has 0 aliphatic rings. The van der Waals surface area contributed by atoms with Gasteiger partial charge in [-0.05, 0) is 53.2 Å². The van der Waals surface area contributed by atoms with Crippen LogP contribution in [-0.4, -0.2) is 28.4 Å². The molecule has 3 rings (SSSR count). The molecule has 1 heterocycles. The second-order valence-corrected chi connectivity index (χ2v) is 6.93. The van der Waals surface area contributed by atoms with Crippen LogP contribution in [0, 0.1) is 0 Å². The smallest absolute Gasteiger partial charge is 0.342 e. The van der Waals surface area contributed by atoms with Gasteiger partial charge in [0.1, 0.15) is 23.0 Å². The zero-order chi connectivity index (χ0) is 20.6. The number of carbonyl (C=O) groups is 1. The Morgan fingerprint density at radius 1 is 1.10 bits per heavy atom. The third kappa shape index (κ3) is 5.86. The molecule has 0 amide bonds. The number of rotatable bonds is 9. The molecule has 0 fully saturated rings. The first-order valence-corrected chi connectivity index (χ1v) is 9.70. The standard InChI is InChI=1S/C21H20N2O5S/c1-3-19-22-23-21(28-19)29-18(20(24)25)12-14-4-10-17(11-5-14)27-13-15-6-8-16(26-2)9-7-15/h4-12H,3,13H2,1-2H3,(H,24,25)/b18-12-. The number of aliphatic carboxylic acids is 1. The van der Waals surface area contributed by atoms with Crippen LogP contribution in [-0.2, 0) is 17.8 Å². The fourth-order valence-electron chi connectivity index (χ4n) is 2.35. The predicted molar refractivity (Wildman–Crippen MR) is 109 cm³/mol. The fraction of sp³-hybridized carbons (Fsp3) is 0.190. The van der Waals surface area contributed by atoms with Gasteiger partial charge < -0.3 is 19.0 Å². The summed E-state index contributed by atoms with van der Waals surface area (Å²) in [7, 11) is 1.63. The van der Waals surface area contributed by atoms with Crippen molar-refractivity contribution in [2.75, 3.05) is 7.11 Å². The minimum Gasteiger partial charge on any atom is -0.497 e. The van der Waals surface area contributed by atoms with Crippen LogP contribution in [0.15, 0.2) is 63.1 Å². The average Bonchev–Trinajstić information content (AvgIpc) is 3.21. The van der Waals surface area contributed by atoms with Gasteiger partial charge in [-0.25, -0.2) is 4.79 Å². The highest BCUT2D eigenvalue weighted by molar-refractivity contribution is 8.03. The van der Waals surface area contributed by atoms with Gasteiger partial charge in [0.2, 0.25) is 5.89 Å². The molecule has 0 aliphatic carbocycles. The van der Waals surface area contributed by atoms with Crippen molar-refractivity contribution >= 4 is 23.8 Å². The summed E-state index contributed by atoms with van der Waals surface area (Å²) < 4.78 is 16.3. The molecule has 8 heteroatoms. The van der Waals surface area contributed by atoms with Crippen molar-refractivity contribution in [2.24, 2.45) is 0 Å². The lowest BCUT2D eigenvalue weighted by molar-refractivity contribution is -0.131. The van der Waals surface area contributed by atoms with Crippen molar-refractivity contribution in [2.45, 2.75) is 25.2 Å². The van der Waals surface area contributed by atoms with E-state index in [9.17, 15) is 9.90 Å². The van der Waals surface area contributed by atoms with Crippen LogP contribution in [0.1, 0.15) is 23.9 Å². The molecule has 7 nitrogen and oxygen atoms in total. The summed E-state index contributed by atoms with van der Waals surface area (Å²) in [5.41, 5.74) is 1.74. The number of methoxy groups -OCH3 is 1. The molecule has 2 aromatic carbocycles. The summed E-state index contributed by atoms with van der Waals surface area (Å²) >= 11 is 0.922. The Morgan fingerprint density at radius 2 is 1.79 bits per heavy atom. The van der Waals surface area contributed by atoms with Gasteiger partial charge in [0, 0.05) is 6.42 Å². The number of hydrogen-bond acceptors (Lipinski definition) is 7. The Kier molecular flexibility index (Phi) is 6.91. The second-order valence-electron chi connectivity index (χ2n) is 5.94. The van der Waals surface area contributed by atoms with Crippen LogP contribution in [0.4, 0.5) is 0 Å². The largest absolute Gasteiger partial charge is 0.497 e. The minimum absolute atomic E-state index is 0.0863. The molecule has 0 saturated carbocycles. The molecule has 0 radical (unpaired) electrons. The Morgan fingerprint density at radius 3 is 2.38 bits per heavy atom. The first kappa shape index (κ1) is 20.5. The summed E-state index contributed by atoms with van der Waals surface area (Å²) in [5, 5.41) is 17.3. The third-order valence-electron chi connectivity index (χ3n) is 3.90. The van der Waals surface area contributed by atoms with Crippen LogP contribution < -0.4 is 9.47 Å². The van der Waals surface area contributed by atoms with Crippen molar-refractivity contribution in [3.63, 3.8) is 0 Å². The SMILES string of the molecule is CCc1nnc(S/C(=C\c2ccc(OCc3ccc(OC)cc3)cc2)C(=O)O)o1. The maximum absolute atomic E-state index is 11.5. The highest BCUT2D eigenvalue weighted by Crippen LogP contribution is 2.28. The summed E-state index contributed by atoms with van der Waals surface area (Å²) in [6, 6.07) is 14.8. The summed E-state index contributed by atoms with van der Waals surface area (Å²) in [4.78, 5) is 11.6. The van der Waals surface area contributed by atoms with Gasteiger partial charge in [-0.15, -0.1) is 10.2 Å². The molecule has 1 aromatic heterocycles. The maximum atomic E-state index is 11.5. The summed E-state index contributed by atoms with van der Waals surface area (Å²) in [5.74, 6) is 0.886. The van der Waals surface area contributed by atoms with Gasteiger partial charge in [-0.1, -0.05) is 31.2 Å². The lowest BCUT2D eigenvalue weighted by Crippen LogP contribution is -1.97. The molecule has 0 saturated heterocycles. The van der Waals surface area contributed by atoms with E-state index in [4.69, 9.17) is 13.9 Å². The second kappa shape index (κ2) is 9.79. The Balaban J connectivity index is 1.64. The van der Waals surface area contributed by atoms with E-state index < -0.39 is 5.97 Å². The average molecular weight is 412 g/mol. The molecule has 0 aliphatic heterocycles. The van der Waals surface area contributed by atoms with Crippen LogP contribution in [0.25, 0.3) is 6.08 Å². The Labute approximate surface area is 172 Å². The molecule has 0 bridgehead atoms. The molecule has 1 N–H and O–H groups in total. The molecule has 150 valence electrons. The zero-order valence-electron chi connectivity index (χ0n) is 16.0. The first-order valence-electron chi connectivity index (χ1n) is 8.88. The number of benzene rings is 2. The molecule has 3 aromatic rings. The van der Waals surface area contributed by atoms with Crippen molar-refractivity contribution in [1.29, 1.82) is 0 Å². The molecule has 29 heavy (non-hydrogen) atoms. The lowest BCUT2D eigenvalue weighted by Gasteiger charge is -2.07. The predicted octanol–water partition coefficient (Wildman–Crippen LogP) is 4.44. The molecular formula is C21H20N2O5S. The van der Waals surface area contributed by atoms with Crippen LogP contribution in [0.5, 0.6) is 11.5 Å². The Bertz CT molecular complexity index is 981. The number of aromatic nitrogens is 2. The van der Waals surface area contributed by atoms with Crippen molar-refractivity contribution in [3.8, 4) is 11.5 Å². The minimum atomic E-state index is -1.06. The van der Waals surface area contributed by atoms with Gasteiger partial charge in [-0.3, -0.25) is 0 Å². The number of nitrogens with zero attached hydrogens (tertiary/aromatic N) is 2.